The van der Waals surface area contributed by atoms with Crippen molar-refractivity contribution in [1.29, 1.82) is 0 Å². The van der Waals surface area contributed by atoms with Crippen molar-refractivity contribution in [1.82, 2.24) is 10.2 Å². The number of carbonyl (C=O) groups excluding carboxylic acids is 1. The second-order valence-corrected chi connectivity index (χ2v) is 12.8. The molecule has 0 saturated carbocycles. The van der Waals surface area contributed by atoms with Crippen LogP contribution in [0.5, 0.6) is 5.75 Å². The molecule has 0 bridgehead atoms. The molecule has 1 aliphatic heterocycles. The average Bonchev–Trinajstić information content (AvgIpc) is 3.39. The molecule has 1 aromatic heterocycles. The summed E-state index contributed by atoms with van der Waals surface area (Å²) in [6.45, 7) is 12.0. The molecule has 2 heterocycles. The van der Waals surface area contributed by atoms with Gasteiger partial charge < -0.3 is 24.1 Å². The van der Waals surface area contributed by atoms with E-state index in [0.29, 0.717) is 42.4 Å². The largest absolute Gasteiger partial charge is 0.491 e. The van der Waals surface area contributed by atoms with E-state index < -0.39 is 0 Å². The van der Waals surface area contributed by atoms with E-state index in [1.807, 2.05) is 36.4 Å². The van der Waals surface area contributed by atoms with Crippen LogP contribution >= 0.6 is 11.8 Å². The van der Waals surface area contributed by atoms with Gasteiger partial charge in [-0.1, -0.05) is 69.3 Å². The molecule has 1 N–H and O–H groups in total. The molecule has 5 rings (SSSR count). The van der Waals surface area contributed by atoms with Crippen LogP contribution in [-0.2, 0) is 15.3 Å². The Morgan fingerprint density at radius 3 is 2.50 bits per heavy atom. The second kappa shape index (κ2) is 16.5. The molecule has 8 nitrogen and oxygen atoms in total. The molecule has 4 aromatic rings. The Morgan fingerprint density at radius 1 is 1.00 bits per heavy atom. The Labute approximate surface area is 276 Å². The summed E-state index contributed by atoms with van der Waals surface area (Å²) < 4.78 is 16.9. The van der Waals surface area contributed by atoms with Gasteiger partial charge >= 0.3 is 0 Å². The van der Waals surface area contributed by atoms with E-state index in [0.717, 1.165) is 77.5 Å². The quantitative estimate of drug-likeness (QED) is 0.102. The number of benzene rings is 3. The second-order valence-electron chi connectivity index (χ2n) is 11.9. The van der Waals surface area contributed by atoms with Crippen LogP contribution < -0.4 is 15.0 Å². The van der Waals surface area contributed by atoms with Crippen LogP contribution in [-0.4, -0.2) is 49.0 Å². The highest BCUT2D eigenvalue weighted by Crippen LogP contribution is 2.34. The molecule has 1 aliphatic rings. The van der Waals surface area contributed by atoms with Gasteiger partial charge in [0, 0.05) is 49.3 Å². The first kappa shape index (κ1) is 33.3. The van der Waals surface area contributed by atoms with Crippen molar-refractivity contribution < 1.29 is 18.7 Å². The number of aromatic nitrogens is 2. The van der Waals surface area contributed by atoms with Crippen molar-refractivity contribution in [2.45, 2.75) is 57.9 Å². The van der Waals surface area contributed by atoms with Gasteiger partial charge in [0.25, 0.3) is 11.1 Å². The molecule has 1 amide bonds. The summed E-state index contributed by atoms with van der Waals surface area (Å²) in [4.78, 5) is 16.0. The van der Waals surface area contributed by atoms with Crippen LogP contribution in [0.25, 0.3) is 17.2 Å². The van der Waals surface area contributed by atoms with E-state index in [-0.39, 0.29) is 5.91 Å². The fourth-order valence-electron chi connectivity index (χ4n) is 5.27. The van der Waals surface area contributed by atoms with Gasteiger partial charge in [-0.25, -0.2) is 0 Å². The zero-order valence-corrected chi connectivity index (χ0v) is 28.1. The molecule has 0 unspecified atom stereocenters. The Balaban J connectivity index is 1.27. The van der Waals surface area contributed by atoms with Gasteiger partial charge in [-0.3, -0.25) is 4.79 Å². The standard InChI is InChI=1S/C37H44N4O4S/c1-5-6-19-43-20-21-44-34-14-9-29(10-15-34)30-11-16-35-32(22-30)23-31(17-18-41(35)24-26(2)3)36(42)38-33-12-7-28(8-13-33)25-46-37-40-39-27(4)45-37/h7-16,22-23,26H,5-6,17-21,24-25H2,1-4H3,(H,38,42). The summed E-state index contributed by atoms with van der Waals surface area (Å²) in [7, 11) is 0. The van der Waals surface area contributed by atoms with Crippen LogP contribution in [0.4, 0.5) is 11.4 Å². The Hall–Kier alpha value is -4.08. The Bertz CT molecular complexity index is 1600. The highest BCUT2D eigenvalue weighted by atomic mass is 32.2. The van der Waals surface area contributed by atoms with E-state index >= 15 is 0 Å². The first-order chi connectivity index (χ1) is 22.4. The minimum Gasteiger partial charge on any atom is -0.491 e. The SMILES string of the molecule is CCCCOCCOc1ccc(-c2ccc3c(c2)C=C(C(=O)Nc2ccc(CSc4nnc(C)o4)cc2)CCN3CC(C)C)cc1. The minimum atomic E-state index is -0.0774. The monoisotopic (exact) mass is 640 g/mol. The molecular weight excluding hydrogens is 596 g/mol. The summed E-state index contributed by atoms with van der Waals surface area (Å²) in [5, 5.41) is 11.6. The van der Waals surface area contributed by atoms with Crippen molar-refractivity contribution in [3.63, 3.8) is 0 Å². The number of hydrogen-bond donors (Lipinski definition) is 1. The number of fused-ring (bicyclic) bond motifs is 1. The molecule has 0 aliphatic carbocycles. The van der Waals surface area contributed by atoms with Crippen LogP contribution in [0, 0.1) is 12.8 Å². The summed E-state index contributed by atoms with van der Waals surface area (Å²) >= 11 is 1.49. The van der Waals surface area contributed by atoms with E-state index in [2.05, 4.69) is 77.6 Å². The van der Waals surface area contributed by atoms with E-state index in [9.17, 15) is 4.79 Å². The molecule has 0 atom stereocenters. The van der Waals surface area contributed by atoms with Crippen LogP contribution in [0.1, 0.15) is 57.1 Å². The van der Waals surface area contributed by atoms with Crippen molar-refractivity contribution >= 4 is 35.1 Å². The zero-order valence-electron chi connectivity index (χ0n) is 27.3. The lowest BCUT2D eigenvalue weighted by atomic mass is 10.00. The van der Waals surface area contributed by atoms with E-state index in [1.54, 1.807) is 6.92 Å². The van der Waals surface area contributed by atoms with E-state index in [4.69, 9.17) is 13.9 Å². The third-order valence-corrected chi connectivity index (χ3v) is 8.52. The van der Waals surface area contributed by atoms with Gasteiger partial charge in [0.15, 0.2) is 0 Å². The number of ether oxygens (including phenoxy) is 2. The highest BCUT2D eigenvalue weighted by molar-refractivity contribution is 7.98. The molecule has 0 fully saturated rings. The summed E-state index contributed by atoms with van der Waals surface area (Å²) in [5.74, 6) is 2.50. The van der Waals surface area contributed by atoms with Crippen molar-refractivity contribution in [3.05, 3.63) is 89.3 Å². The van der Waals surface area contributed by atoms with Crippen LogP contribution in [0.15, 0.2) is 81.9 Å². The smallest absolute Gasteiger partial charge is 0.276 e. The normalized spacial score (nSPS) is 12.9. The molecule has 46 heavy (non-hydrogen) atoms. The first-order valence-corrected chi connectivity index (χ1v) is 17.1. The third-order valence-electron chi connectivity index (χ3n) is 7.63. The first-order valence-electron chi connectivity index (χ1n) is 16.1. The van der Waals surface area contributed by atoms with Crippen molar-refractivity contribution in [2.75, 3.05) is 43.1 Å². The maximum Gasteiger partial charge on any atom is 0.276 e. The molecule has 0 radical (unpaired) electrons. The topological polar surface area (TPSA) is 89.7 Å². The average molecular weight is 641 g/mol. The van der Waals surface area contributed by atoms with Crippen molar-refractivity contribution in [3.8, 4) is 16.9 Å². The van der Waals surface area contributed by atoms with Gasteiger partial charge in [0.1, 0.15) is 12.4 Å². The zero-order chi connectivity index (χ0) is 32.3. The number of hydrogen-bond acceptors (Lipinski definition) is 8. The molecule has 0 saturated heterocycles. The predicted molar refractivity (Wildman–Crippen MR) is 186 cm³/mol. The van der Waals surface area contributed by atoms with Gasteiger partial charge in [-0.2, -0.15) is 0 Å². The highest BCUT2D eigenvalue weighted by Gasteiger charge is 2.21. The fraction of sp³-hybridized carbons (Fsp3) is 0.378. The number of amides is 1. The van der Waals surface area contributed by atoms with Crippen LogP contribution in [0.3, 0.4) is 0 Å². The van der Waals surface area contributed by atoms with Crippen LogP contribution in [0.2, 0.25) is 0 Å². The maximum absolute atomic E-state index is 13.6. The van der Waals surface area contributed by atoms with Gasteiger partial charge in [0.05, 0.1) is 6.61 Å². The number of rotatable bonds is 15. The lowest BCUT2D eigenvalue weighted by Crippen LogP contribution is -2.29. The molecule has 3 aromatic carbocycles. The summed E-state index contributed by atoms with van der Waals surface area (Å²) in [6.07, 6.45) is 4.92. The molecule has 0 spiro atoms. The maximum atomic E-state index is 13.6. The fourth-order valence-corrected chi connectivity index (χ4v) is 6.03. The van der Waals surface area contributed by atoms with E-state index in [1.165, 1.54) is 11.8 Å². The lowest BCUT2D eigenvalue weighted by Gasteiger charge is -2.27. The number of anilines is 2. The Kier molecular flexibility index (Phi) is 11.9. The van der Waals surface area contributed by atoms with Gasteiger partial charge in [-0.15, -0.1) is 10.2 Å². The molecule has 9 heteroatoms. The number of aryl methyl sites for hydroxylation is 1. The van der Waals surface area contributed by atoms with Gasteiger partial charge in [0.2, 0.25) is 5.89 Å². The Morgan fingerprint density at radius 2 is 1.78 bits per heavy atom. The van der Waals surface area contributed by atoms with Gasteiger partial charge in [-0.05, 0) is 83.5 Å². The number of nitrogens with one attached hydrogen (secondary N) is 1. The molecule has 242 valence electrons. The van der Waals surface area contributed by atoms with Crippen molar-refractivity contribution in [2.24, 2.45) is 5.92 Å². The number of carbonyl (C=O) groups is 1. The molecular formula is C37H44N4O4S. The minimum absolute atomic E-state index is 0.0774. The summed E-state index contributed by atoms with van der Waals surface area (Å²) in [5.41, 5.74) is 7.03. The lowest BCUT2D eigenvalue weighted by molar-refractivity contribution is -0.112. The number of nitrogens with zero attached hydrogens (tertiary/aromatic N) is 3. The third kappa shape index (κ3) is 9.47. The number of thioether (sulfide) groups is 1. The predicted octanol–water partition coefficient (Wildman–Crippen LogP) is 8.42. The summed E-state index contributed by atoms with van der Waals surface area (Å²) in [6, 6.07) is 22.6. The number of unbranched alkanes of at least 4 members (excludes halogenated alkanes) is 1.